The van der Waals surface area contributed by atoms with E-state index in [1.165, 1.54) is 12.8 Å². The molecule has 5 nitrogen and oxygen atoms in total. The topological polar surface area (TPSA) is 63.8 Å². The normalized spacial score (nSPS) is 11.1. The van der Waals surface area contributed by atoms with Crippen molar-refractivity contribution in [3.8, 4) is 11.6 Å². The Hall–Kier alpha value is -2.82. The van der Waals surface area contributed by atoms with Gasteiger partial charge < -0.3 is 14.4 Å². The quantitative estimate of drug-likeness (QED) is 0.394. The second-order valence-electron chi connectivity index (χ2n) is 6.95. The number of benzene rings is 2. The molecule has 0 unspecified atom stereocenters. The Kier molecular flexibility index (Phi) is 5.79. The van der Waals surface area contributed by atoms with Crippen LogP contribution in [0.3, 0.4) is 0 Å². The average Bonchev–Trinajstić information content (AvgIpc) is 2.95. The highest BCUT2D eigenvalue weighted by Gasteiger charge is 2.19. The number of aromatic nitrogens is 1. The zero-order valence-electron chi connectivity index (χ0n) is 16.2. The van der Waals surface area contributed by atoms with Crippen LogP contribution in [0.4, 0.5) is 5.69 Å². The summed E-state index contributed by atoms with van der Waals surface area (Å²) in [7, 11) is 0. The molecule has 0 saturated carbocycles. The first kappa shape index (κ1) is 19.0. The molecule has 1 aromatic heterocycles. The maximum Gasteiger partial charge on any atom is 0.222 e. The molecule has 0 aliphatic carbocycles. The number of aryl methyl sites for hydroxylation is 2. The predicted molar refractivity (Wildman–Crippen MR) is 109 cm³/mol. The van der Waals surface area contributed by atoms with Crippen molar-refractivity contribution in [3.05, 3.63) is 58.0 Å². The second-order valence-corrected chi connectivity index (χ2v) is 6.95. The van der Waals surface area contributed by atoms with Crippen molar-refractivity contribution in [2.24, 2.45) is 5.18 Å². The van der Waals surface area contributed by atoms with Gasteiger partial charge in [0.05, 0.1) is 18.7 Å². The molecule has 1 heterocycles. The number of hydrogen-bond acceptors (Lipinski definition) is 4. The lowest BCUT2D eigenvalue weighted by Crippen LogP contribution is -2.01. The molecule has 5 heteroatoms. The van der Waals surface area contributed by atoms with Crippen molar-refractivity contribution in [2.45, 2.75) is 46.6 Å². The number of rotatable bonds is 8. The first-order chi connectivity index (χ1) is 13.1. The highest BCUT2D eigenvalue weighted by atomic mass is 16.5. The molecule has 0 aliphatic heterocycles. The van der Waals surface area contributed by atoms with Crippen LogP contribution in [0, 0.1) is 18.8 Å². The van der Waals surface area contributed by atoms with Crippen LogP contribution < -0.4 is 4.74 Å². The van der Waals surface area contributed by atoms with E-state index in [1.54, 1.807) is 4.57 Å². The van der Waals surface area contributed by atoms with E-state index < -0.39 is 0 Å². The maximum atomic E-state index is 11.3. The summed E-state index contributed by atoms with van der Waals surface area (Å²) in [5.74, 6) is 0.757. The van der Waals surface area contributed by atoms with Crippen LogP contribution >= 0.6 is 0 Å². The van der Waals surface area contributed by atoms with E-state index in [2.05, 4.69) is 12.1 Å². The highest BCUT2D eigenvalue weighted by molar-refractivity contribution is 5.97. The Morgan fingerprint density at radius 2 is 1.81 bits per heavy atom. The van der Waals surface area contributed by atoms with Gasteiger partial charge in [0.1, 0.15) is 5.75 Å². The van der Waals surface area contributed by atoms with Crippen LogP contribution in [0.25, 0.3) is 10.9 Å². The van der Waals surface area contributed by atoms with Gasteiger partial charge in [-0.25, -0.2) is 0 Å². The third kappa shape index (κ3) is 3.82. The van der Waals surface area contributed by atoms with Crippen LogP contribution in [-0.4, -0.2) is 16.3 Å². The fourth-order valence-electron chi connectivity index (χ4n) is 3.35. The zero-order chi connectivity index (χ0) is 19.4. The van der Waals surface area contributed by atoms with Gasteiger partial charge in [-0.15, -0.1) is 4.91 Å². The van der Waals surface area contributed by atoms with Crippen LogP contribution in [-0.2, 0) is 6.54 Å². The summed E-state index contributed by atoms with van der Waals surface area (Å²) in [6.45, 7) is 7.36. The fraction of sp³-hybridized carbons (Fsp3) is 0.364. The molecule has 1 N–H and O–H groups in total. The number of nitrogens with zero attached hydrogens (tertiary/aromatic N) is 2. The van der Waals surface area contributed by atoms with Gasteiger partial charge in [-0.3, -0.25) is 0 Å². The van der Waals surface area contributed by atoms with Crippen molar-refractivity contribution in [1.29, 1.82) is 0 Å². The first-order valence-electron chi connectivity index (χ1n) is 9.43. The molecule has 0 fully saturated rings. The molecule has 142 valence electrons. The van der Waals surface area contributed by atoms with Crippen molar-refractivity contribution < 1.29 is 9.84 Å². The average molecular weight is 366 g/mol. The molecule has 0 spiro atoms. The number of nitroso groups, excluding NO2 is 1. The van der Waals surface area contributed by atoms with Gasteiger partial charge in [0, 0.05) is 5.39 Å². The SMILES string of the molecule is CCCCCOc1ccc(Cn2c(O)c(N=O)c3ccc(C)c(C)c32)cc1. The highest BCUT2D eigenvalue weighted by Crippen LogP contribution is 2.41. The number of hydrogen-bond donors (Lipinski definition) is 1. The first-order valence-corrected chi connectivity index (χ1v) is 9.43. The summed E-state index contributed by atoms with van der Waals surface area (Å²) in [6.07, 6.45) is 3.40. The zero-order valence-corrected chi connectivity index (χ0v) is 16.2. The van der Waals surface area contributed by atoms with E-state index in [9.17, 15) is 10.0 Å². The maximum absolute atomic E-state index is 11.3. The number of aromatic hydroxyl groups is 1. The monoisotopic (exact) mass is 366 g/mol. The summed E-state index contributed by atoms with van der Waals surface area (Å²) < 4.78 is 7.51. The van der Waals surface area contributed by atoms with Crippen molar-refractivity contribution >= 4 is 16.6 Å². The molecule has 0 aliphatic rings. The Labute approximate surface area is 159 Å². The predicted octanol–water partition coefficient (Wildman–Crippen LogP) is 5.98. The molecule has 0 amide bonds. The standard InChI is InChI=1S/C22H26N2O3/c1-4-5-6-13-27-18-10-8-17(9-11-18)14-24-21-16(3)15(2)7-12-19(21)20(23-26)22(24)25/h7-12,25H,4-6,13-14H2,1-3H3. The minimum atomic E-state index is -0.0893. The molecule has 0 bridgehead atoms. The lowest BCUT2D eigenvalue weighted by molar-refractivity contribution is 0.306. The fourth-order valence-corrected chi connectivity index (χ4v) is 3.35. The molecule has 0 saturated heterocycles. The Morgan fingerprint density at radius 1 is 1.07 bits per heavy atom. The van der Waals surface area contributed by atoms with Crippen molar-refractivity contribution in [1.82, 2.24) is 4.57 Å². The lowest BCUT2D eigenvalue weighted by atomic mass is 10.1. The Morgan fingerprint density at radius 3 is 2.48 bits per heavy atom. The van der Waals surface area contributed by atoms with E-state index in [0.29, 0.717) is 11.9 Å². The molecule has 3 aromatic rings. The number of fused-ring (bicyclic) bond motifs is 1. The molecule has 0 atom stereocenters. The van der Waals surface area contributed by atoms with E-state index >= 15 is 0 Å². The van der Waals surface area contributed by atoms with E-state index in [4.69, 9.17) is 4.74 Å². The van der Waals surface area contributed by atoms with Crippen LogP contribution in [0.5, 0.6) is 11.6 Å². The van der Waals surface area contributed by atoms with Crippen molar-refractivity contribution in [2.75, 3.05) is 6.61 Å². The van der Waals surface area contributed by atoms with Gasteiger partial charge in [0.25, 0.3) is 0 Å². The molecular weight excluding hydrogens is 340 g/mol. The molecule has 0 radical (unpaired) electrons. The van der Waals surface area contributed by atoms with Gasteiger partial charge in [-0.1, -0.05) is 44.0 Å². The van der Waals surface area contributed by atoms with E-state index in [-0.39, 0.29) is 11.6 Å². The summed E-state index contributed by atoms with van der Waals surface area (Å²) in [5, 5.41) is 14.3. The molecule has 3 rings (SSSR count). The van der Waals surface area contributed by atoms with E-state index in [0.717, 1.165) is 41.0 Å². The third-order valence-corrected chi connectivity index (χ3v) is 5.07. The molecule has 27 heavy (non-hydrogen) atoms. The summed E-state index contributed by atoms with van der Waals surface area (Å²) >= 11 is 0. The summed E-state index contributed by atoms with van der Waals surface area (Å²) in [4.78, 5) is 11.3. The van der Waals surface area contributed by atoms with Gasteiger partial charge in [-0.2, -0.15) is 0 Å². The minimum Gasteiger partial charge on any atom is -0.494 e. The van der Waals surface area contributed by atoms with Crippen molar-refractivity contribution in [3.63, 3.8) is 0 Å². The number of ether oxygens (including phenoxy) is 1. The molecule has 2 aromatic carbocycles. The summed E-state index contributed by atoms with van der Waals surface area (Å²) in [5.41, 5.74) is 4.11. The van der Waals surface area contributed by atoms with Crippen LogP contribution in [0.15, 0.2) is 41.6 Å². The summed E-state index contributed by atoms with van der Waals surface area (Å²) in [6, 6.07) is 11.7. The van der Waals surface area contributed by atoms with Gasteiger partial charge >= 0.3 is 0 Å². The third-order valence-electron chi connectivity index (χ3n) is 5.07. The largest absolute Gasteiger partial charge is 0.494 e. The Balaban J connectivity index is 1.87. The van der Waals surface area contributed by atoms with Gasteiger partial charge in [0.15, 0.2) is 5.69 Å². The second kappa shape index (κ2) is 8.25. The smallest absolute Gasteiger partial charge is 0.222 e. The van der Waals surface area contributed by atoms with Crippen LogP contribution in [0.1, 0.15) is 42.9 Å². The Bertz CT molecular complexity index is 943. The lowest BCUT2D eigenvalue weighted by Gasteiger charge is -2.11. The van der Waals surface area contributed by atoms with Gasteiger partial charge in [0.2, 0.25) is 5.88 Å². The number of unbranched alkanes of at least 4 members (excludes halogenated alkanes) is 2. The van der Waals surface area contributed by atoms with Gasteiger partial charge in [-0.05, 0) is 54.3 Å². The minimum absolute atomic E-state index is 0.0893. The molecular formula is C22H26N2O3. The van der Waals surface area contributed by atoms with Crippen LogP contribution in [0.2, 0.25) is 0 Å². The van der Waals surface area contributed by atoms with E-state index in [1.807, 2.05) is 50.2 Å².